The second-order valence-electron chi connectivity index (χ2n) is 7.35. The SMILES string of the molecule is CC12CC3CC(C1)CC(C(=O)NCCCI)(C3)C2. The fourth-order valence-electron chi connectivity index (χ4n) is 5.44. The molecular formula is C15H24INO. The molecule has 2 unspecified atom stereocenters. The predicted octanol–water partition coefficient (Wildman–Crippen LogP) is 3.53. The van der Waals surface area contributed by atoms with Gasteiger partial charge in [-0.3, -0.25) is 4.79 Å². The summed E-state index contributed by atoms with van der Waals surface area (Å²) in [5.41, 5.74) is 0.495. The molecule has 2 atom stereocenters. The van der Waals surface area contributed by atoms with E-state index >= 15 is 0 Å². The van der Waals surface area contributed by atoms with Gasteiger partial charge in [0.25, 0.3) is 0 Å². The predicted molar refractivity (Wildman–Crippen MR) is 81.7 cm³/mol. The van der Waals surface area contributed by atoms with E-state index < -0.39 is 0 Å². The summed E-state index contributed by atoms with van der Waals surface area (Å²) in [7, 11) is 0. The van der Waals surface area contributed by atoms with E-state index in [-0.39, 0.29) is 5.41 Å². The molecule has 102 valence electrons. The first-order valence-electron chi connectivity index (χ1n) is 7.40. The van der Waals surface area contributed by atoms with Crippen LogP contribution in [0.2, 0.25) is 0 Å². The van der Waals surface area contributed by atoms with Gasteiger partial charge in [-0.15, -0.1) is 0 Å². The fourth-order valence-corrected chi connectivity index (χ4v) is 5.82. The van der Waals surface area contributed by atoms with Crippen LogP contribution in [0.1, 0.15) is 51.9 Å². The topological polar surface area (TPSA) is 29.1 Å². The molecule has 0 aromatic carbocycles. The van der Waals surface area contributed by atoms with Crippen LogP contribution in [0.4, 0.5) is 0 Å². The molecule has 4 fully saturated rings. The van der Waals surface area contributed by atoms with E-state index in [9.17, 15) is 4.79 Å². The highest BCUT2D eigenvalue weighted by molar-refractivity contribution is 14.1. The largest absolute Gasteiger partial charge is 0.356 e. The first-order valence-corrected chi connectivity index (χ1v) is 8.92. The molecular weight excluding hydrogens is 337 g/mol. The Balaban J connectivity index is 1.72. The van der Waals surface area contributed by atoms with Gasteiger partial charge in [0.15, 0.2) is 0 Å². The van der Waals surface area contributed by atoms with Gasteiger partial charge in [-0.2, -0.15) is 0 Å². The number of carbonyl (C=O) groups excluding carboxylic acids is 1. The number of nitrogens with one attached hydrogen (secondary N) is 1. The number of alkyl halides is 1. The lowest BCUT2D eigenvalue weighted by Gasteiger charge is -2.60. The normalized spacial score (nSPS) is 45.2. The molecule has 4 rings (SSSR count). The van der Waals surface area contributed by atoms with E-state index in [0.717, 1.165) is 35.6 Å². The van der Waals surface area contributed by atoms with Crippen LogP contribution in [-0.2, 0) is 4.79 Å². The summed E-state index contributed by atoms with van der Waals surface area (Å²) in [5.74, 6) is 2.06. The molecule has 0 saturated heterocycles. The minimum absolute atomic E-state index is 0.0180. The maximum atomic E-state index is 12.6. The van der Waals surface area contributed by atoms with Crippen LogP contribution in [0.3, 0.4) is 0 Å². The zero-order chi connectivity index (χ0) is 12.8. The first-order chi connectivity index (χ1) is 8.55. The molecule has 0 aromatic heterocycles. The van der Waals surface area contributed by atoms with Gasteiger partial charge in [0.1, 0.15) is 0 Å². The van der Waals surface area contributed by atoms with Crippen LogP contribution in [0.5, 0.6) is 0 Å². The molecule has 4 saturated carbocycles. The molecule has 4 aliphatic rings. The number of rotatable bonds is 4. The van der Waals surface area contributed by atoms with Crippen molar-refractivity contribution in [3.63, 3.8) is 0 Å². The van der Waals surface area contributed by atoms with Crippen molar-refractivity contribution < 1.29 is 4.79 Å². The van der Waals surface area contributed by atoms with Crippen molar-refractivity contribution in [1.29, 1.82) is 0 Å². The van der Waals surface area contributed by atoms with Crippen LogP contribution in [0, 0.1) is 22.7 Å². The molecule has 4 bridgehead atoms. The summed E-state index contributed by atoms with van der Waals surface area (Å²) < 4.78 is 1.13. The average Bonchev–Trinajstić information content (AvgIpc) is 2.25. The Hall–Kier alpha value is 0.200. The van der Waals surface area contributed by atoms with Gasteiger partial charge >= 0.3 is 0 Å². The first kappa shape index (κ1) is 13.2. The van der Waals surface area contributed by atoms with Crippen LogP contribution in [0.15, 0.2) is 0 Å². The van der Waals surface area contributed by atoms with Gasteiger partial charge in [-0.05, 0) is 62.2 Å². The Morgan fingerprint density at radius 3 is 2.50 bits per heavy atom. The van der Waals surface area contributed by atoms with Crippen LogP contribution >= 0.6 is 22.6 Å². The smallest absolute Gasteiger partial charge is 0.226 e. The van der Waals surface area contributed by atoms with Gasteiger partial charge in [-0.1, -0.05) is 29.5 Å². The summed E-state index contributed by atoms with van der Waals surface area (Å²) in [6.45, 7) is 3.30. The van der Waals surface area contributed by atoms with Crippen molar-refractivity contribution in [2.45, 2.75) is 51.9 Å². The Kier molecular flexibility index (Phi) is 3.40. The van der Waals surface area contributed by atoms with E-state index in [4.69, 9.17) is 0 Å². The highest BCUT2D eigenvalue weighted by Crippen LogP contribution is 2.65. The Bertz CT molecular complexity index is 340. The summed E-state index contributed by atoms with van der Waals surface area (Å²) in [5, 5.41) is 3.21. The van der Waals surface area contributed by atoms with Crippen molar-refractivity contribution in [2.75, 3.05) is 11.0 Å². The molecule has 0 spiro atoms. The number of amides is 1. The van der Waals surface area contributed by atoms with Crippen molar-refractivity contribution in [2.24, 2.45) is 22.7 Å². The fraction of sp³-hybridized carbons (Fsp3) is 0.933. The van der Waals surface area contributed by atoms with Crippen LogP contribution in [0.25, 0.3) is 0 Å². The van der Waals surface area contributed by atoms with E-state index in [2.05, 4.69) is 34.8 Å². The Morgan fingerprint density at radius 1 is 1.28 bits per heavy atom. The molecule has 0 heterocycles. The van der Waals surface area contributed by atoms with Crippen LogP contribution in [-0.4, -0.2) is 16.9 Å². The average molecular weight is 361 g/mol. The second kappa shape index (κ2) is 4.64. The molecule has 2 nitrogen and oxygen atoms in total. The van der Waals surface area contributed by atoms with Crippen molar-refractivity contribution in [3.05, 3.63) is 0 Å². The van der Waals surface area contributed by atoms with Crippen molar-refractivity contribution in [3.8, 4) is 0 Å². The third kappa shape index (κ3) is 2.20. The minimum Gasteiger partial charge on any atom is -0.356 e. The lowest BCUT2D eigenvalue weighted by Crippen LogP contribution is -2.56. The molecule has 1 N–H and O–H groups in total. The molecule has 0 aliphatic heterocycles. The Labute approximate surface area is 124 Å². The zero-order valence-electron chi connectivity index (χ0n) is 11.3. The summed E-state index contributed by atoms with van der Waals surface area (Å²) >= 11 is 2.38. The monoisotopic (exact) mass is 361 g/mol. The zero-order valence-corrected chi connectivity index (χ0v) is 13.5. The third-order valence-electron chi connectivity index (χ3n) is 5.43. The lowest BCUT2D eigenvalue weighted by atomic mass is 9.44. The van der Waals surface area contributed by atoms with Crippen molar-refractivity contribution in [1.82, 2.24) is 5.32 Å². The second-order valence-corrected chi connectivity index (χ2v) is 8.43. The summed E-state index contributed by atoms with van der Waals surface area (Å²) in [6, 6.07) is 0. The van der Waals surface area contributed by atoms with Gasteiger partial charge in [0.05, 0.1) is 5.41 Å². The number of hydrogen-bond acceptors (Lipinski definition) is 1. The molecule has 18 heavy (non-hydrogen) atoms. The molecule has 0 radical (unpaired) electrons. The number of carbonyl (C=O) groups is 1. The van der Waals surface area contributed by atoms with Gasteiger partial charge in [0.2, 0.25) is 5.91 Å². The van der Waals surface area contributed by atoms with Gasteiger partial charge < -0.3 is 5.32 Å². The highest BCUT2D eigenvalue weighted by Gasteiger charge is 2.58. The van der Waals surface area contributed by atoms with E-state index in [1.165, 1.54) is 32.1 Å². The van der Waals surface area contributed by atoms with Gasteiger partial charge in [0, 0.05) is 11.0 Å². The van der Waals surface area contributed by atoms with E-state index in [1.54, 1.807) is 0 Å². The third-order valence-corrected chi connectivity index (χ3v) is 6.19. The molecule has 3 heteroatoms. The quantitative estimate of drug-likeness (QED) is 0.463. The Morgan fingerprint density at radius 2 is 1.94 bits per heavy atom. The standard InChI is InChI=1S/C15H24INO/c1-14-6-11-5-12(7-14)9-15(8-11,10-14)13(18)17-4-2-3-16/h11-12H,2-10H2,1H3,(H,17,18). The van der Waals surface area contributed by atoms with Crippen molar-refractivity contribution >= 4 is 28.5 Å². The highest BCUT2D eigenvalue weighted by atomic mass is 127. The van der Waals surface area contributed by atoms with Gasteiger partial charge in [-0.25, -0.2) is 0 Å². The number of hydrogen-bond donors (Lipinski definition) is 1. The molecule has 1 amide bonds. The summed E-state index contributed by atoms with van der Waals surface area (Å²) in [4.78, 5) is 12.6. The lowest BCUT2D eigenvalue weighted by molar-refractivity contribution is -0.155. The molecule has 4 aliphatic carbocycles. The summed E-state index contributed by atoms with van der Waals surface area (Å²) in [6.07, 6.45) is 8.77. The maximum Gasteiger partial charge on any atom is 0.226 e. The maximum absolute atomic E-state index is 12.6. The van der Waals surface area contributed by atoms with Crippen LogP contribution < -0.4 is 5.32 Å². The van der Waals surface area contributed by atoms with E-state index in [1.807, 2.05) is 0 Å². The van der Waals surface area contributed by atoms with E-state index in [0.29, 0.717) is 11.3 Å². The minimum atomic E-state index is 0.0180. The molecule has 0 aromatic rings. The number of halogens is 1.